The van der Waals surface area contributed by atoms with Gasteiger partial charge in [0.25, 0.3) is 0 Å². The Balaban J connectivity index is 1.54. The highest BCUT2D eigenvalue weighted by Crippen LogP contribution is 2.22. The molecule has 1 atom stereocenters. The lowest BCUT2D eigenvalue weighted by Gasteiger charge is -2.22. The van der Waals surface area contributed by atoms with Gasteiger partial charge in [-0.3, -0.25) is 4.79 Å². The summed E-state index contributed by atoms with van der Waals surface area (Å²) < 4.78 is 0. The second-order valence-electron chi connectivity index (χ2n) is 5.61. The van der Waals surface area contributed by atoms with Gasteiger partial charge in [0.1, 0.15) is 0 Å². The van der Waals surface area contributed by atoms with E-state index in [0.717, 1.165) is 25.2 Å². The second kappa shape index (κ2) is 6.64. The average Bonchev–Trinajstić information content (AvgIpc) is 2.93. The molecule has 0 spiro atoms. The van der Waals surface area contributed by atoms with Crippen LogP contribution < -0.4 is 10.2 Å². The average molecular weight is 290 g/mol. The first-order valence-corrected chi connectivity index (χ1v) is 8.69. The molecular weight excluding hydrogens is 268 g/mol. The third kappa shape index (κ3) is 3.36. The van der Waals surface area contributed by atoms with Crippen molar-refractivity contribution in [2.24, 2.45) is 0 Å². The smallest absolute Gasteiger partial charge is 0.227 e. The molecule has 2 saturated heterocycles. The first-order valence-electron chi connectivity index (χ1n) is 7.53. The summed E-state index contributed by atoms with van der Waals surface area (Å²) in [7, 11) is 0. The quantitative estimate of drug-likeness (QED) is 0.925. The van der Waals surface area contributed by atoms with E-state index in [0.29, 0.717) is 12.5 Å². The van der Waals surface area contributed by atoms with Crippen LogP contribution in [0.15, 0.2) is 24.3 Å². The van der Waals surface area contributed by atoms with Gasteiger partial charge in [-0.25, -0.2) is 0 Å². The molecule has 4 heteroatoms. The Kier molecular flexibility index (Phi) is 4.63. The van der Waals surface area contributed by atoms with Crippen LogP contribution in [0.1, 0.15) is 31.2 Å². The molecule has 2 fully saturated rings. The van der Waals surface area contributed by atoms with E-state index in [1.807, 2.05) is 4.90 Å². The molecule has 2 aliphatic rings. The first kappa shape index (κ1) is 14.0. The maximum absolute atomic E-state index is 11.7. The van der Waals surface area contributed by atoms with E-state index in [9.17, 15) is 4.79 Å². The Hall–Kier alpha value is -1.00. The molecule has 1 N–H and O–H groups in total. The van der Waals surface area contributed by atoms with E-state index < -0.39 is 0 Å². The normalized spacial score (nSPS) is 23.3. The number of carbonyl (C=O) groups is 1. The zero-order valence-electron chi connectivity index (χ0n) is 11.8. The molecule has 20 heavy (non-hydrogen) atoms. The number of nitrogens with zero attached hydrogens (tertiary/aromatic N) is 1. The van der Waals surface area contributed by atoms with Gasteiger partial charge in [0.15, 0.2) is 0 Å². The number of hydrogen-bond donors (Lipinski definition) is 1. The summed E-state index contributed by atoms with van der Waals surface area (Å²) in [6.45, 7) is 1.80. The molecule has 108 valence electrons. The van der Waals surface area contributed by atoms with Crippen molar-refractivity contribution in [2.75, 3.05) is 23.0 Å². The van der Waals surface area contributed by atoms with Crippen molar-refractivity contribution >= 4 is 23.4 Å². The highest BCUT2D eigenvalue weighted by Gasteiger charge is 2.21. The maximum Gasteiger partial charge on any atom is 0.227 e. The molecule has 3 nitrogen and oxygen atoms in total. The number of rotatable bonds is 4. The van der Waals surface area contributed by atoms with E-state index >= 15 is 0 Å². The van der Waals surface area contributed by atoms with Crippen molar-refractivity contribution in [2.45, 2.75) is 38.3 Å². The molecule has 1 aromatic rings. The molecule has 0 saturated carbocycles. The maximum atomic E-state index is 11.7. The van der Waals surface area contributed by atoms with E-state index in [1.165, 1.54) is 29.9 Å². The van der Waals surface area contributed by atoms with Crippen LogP contribution in [0.5, 0.6) is 0 Å². The van der Waals surface area contributed by atoms with Crippen molar-refractivity contribution in [3.8, 4) is 0 Å². The molecule has 2 heterocycles. The van der Waals surface area contributed by atoms with Gasteiger partial charge in [0, 0.05) is 37.0 Å². The van der Waals surface area contributed by atoms with Gasteiger partial charge in [-0.05, 0) is 42.7 Å². The summed E-state index contributed by atoms with van der Waals surface area (Å²) >= 11 is 2.05. The topological polar surface area (TPSA) is 32.3 Å². The summed E-state index contributed by atoms with van der Waals surface area (Å²) in [5, 5.41) is 3.63. The van der Waals surface area contributed by atoms with Crippen molar-refractivity contribution in [3.05, 3.63) is 29.8 Å². The minimum absolute atomic E-state index is 0.259. The number of anilines is 1. The lowest BCUT2D eigenvalue weighted by Crippen LogP contribution is -2.33. The number of amides is 1. The highest BCUT2D eigenvalue weighted by molar-refractivity contribution is 7.99. The highest BCUT2D eigenvalue weighted by atomic mass is 32.2. The number of benzene rings is 1. The standard InChI is InChI=1S/C16H22N2OS/c19-16-4-1-9-18(16)15-7-5-13(6-8-15)11-17-14-3-2-10-20-12-14/h5-8,14,17H,1-4,9-12H2. The Bertz CT molecular complexity index is 454. The van der Waals surface area contributed by atoms with Crippen molar-refractivity contribution in [1.82, 2.24) is 5.32 Å². The van der Waals surface area contributed by atoms with Crippen LogP contribution >= 0.6 is 11.8 Å². The predicted molar refractivity (Wildman–Crippen MR) is 85.2 cm³/mol. The lowest BCUT2D eigenvalue weighted by molar-refractivity contribution is -0.117. The molecule has 1 amide bonds. The van der Waals surface area contributed by atoms with Gasteiger partial charge in [0.05, 0.1) is 0 Å². The van der Waals surface area contributed by atoms with Crippen LogP contribution in [-0.4, -0.2) is 30.0 Å². The molecular formula is C16H22N2OS. The van der Waals surface area contributed by atoms with Crippen LogP contribution in [-0.2, 0) is 11.3 Å². The number of carbonyl (C=O) groups excluding carboxylic acids is 1. The zero-order valence-corrected chi connectivity index (χ0v) is 12.6. The minimum atomic E-state index is 0.259. The van der Waals surface area contributed by atoms with Crippen molar-refractivity contribution in [1.29, 1.82) is 0 Å². The van der Waals surface area contributed by atoms with Gasteiger partial charge in [-0.2, -0.15) is 11.8 Å². The zero-order chi connectivity index (χ0) is 13.8. The fourth-order valence-electron chi connectivity index (χ4n) is 2.88. The molecule has 2 aliphatic heterocycles. The van der Waals surface area contributed by atoms with Crippen molar-refractivity contribution in [3.63, 3.8) is 0 Å². The largest absolute Gasteiger partial charge is 0.312 e. The van der Waals surface area contributed by atoms with Crippen LogP contribution in [0, 0.1) is 0 Å². The lowest BCUT2D eigenvalue weighted by atomic mass is 10.1. The number of thioether (sulfide) groups is 1. The summed E-state index contributed by atoms with van der Waals surface area (Å²) in [5.74, 6) is 2.81. The van der Waals surface area contributed by atoms with Gasteiger partial charge in [0.2, 0.25) is 5.91 Å². The Labute approximate surface area is 125 Å². The van der Waals surface area contributed by atoms with E-state index in [1.54, 1.807) is 0 Å². The summed E-state index contributed by atoms with van der Waals surface area (Å²) in [5.41, 5.74) is 2.35. The first-order chi connectivity index (χ1) is 9.83. The Morgan fingerprint density at radius 3 is 2.75 bits per heavy atom. The van der Waals surface area contributed by atoms with Crippen LogP contribution in [0.3, 0.4) is 0 Å². The molecule has 0 bridgehead atoms. The third-order valence-corrected chi connectivity index (χ3v) is 5.29. The second-order valence-corrected chi connectivity index (χ2v) is 6.76. The van der Waals surface area contributed by atoms with Crippen LogP contribution in [0.2, 0.25) is 0 Å². The Morgan fingerprint density at radius 1 is 1.25 bits per heavy atom. The van der Waals surface area contributed by atoms with Crippen LogP contribution in [0.25, 0.3) is 0 Å². The van der Waals surface area contributed by atoms with E-state index in [4.69, 9.17) is 0 Å². The summed E-state index contributed by atoms with van der Waals surface area (Å²) in [6, 6.07) is 9.10. The predicted octanol–water partition coefficient (Wildman–Crippen LogP) is 2.80. The van der Waals surface area contributed by atoms with E-state index in [2.05, 4.69) is 41.3 Å². The minimum Gasteiger partial charge on any atom is -0.312 e. The van der Waals surface area contributed by atoms with Crippen molar-refractivity contribution < 1.29 is 4.79 Å². The summed E-state index contributed by atoms with van der Waals surface area (Å²) in [6.07, 6.45) is 4.32. The van der Waals surface area contributed by atoms with E-state index in [-0.39, 0.29) is 5.91 Å². The summed E-state index contributed by atoms with van der Waals surface area (Å²) in [4.78, 5) is 13.6. The number of hydrogen-bond acceptors (Lipinski definition) is 3. The van der Waals surface area contributed by atoms with Crippen LogP contribution in [0.4, 0.5) is 5.69 Å². The molecule has 0 aliphatic carbocycles. The van der Waals surface area contributed by atoms with Gasteiger partial charge in [-0.15, -0.1) is 0 Å². The molecule has 3 rings (SSSR count). The SMILES string of the molecule is O=C1CCCN1c1ccc(CNC2CCCSC2)cc1. The van der Waals surface area contributed by atoms with Gasteiger partial charge in [-0.1, -0.05) is 12.1 Å². The Morgan fingerprint density at radius 2 is 2.10 bits per heavy atom. The van der Waals surface area contributed by atoms with Gasteiger partial charge < -0.3 is 10.2 Å². The third-order valence-electron chi connectivity index (χ3n) is 4.08. The number of nitrogens with one attached hydrogen (secondary N) is 1. The molecule has 0 radical (unpaired) electrons. The molecule has 1 aromatic carbocycles. The monoisotopic (exact) mass is 290 g/mol. The molecule has 1 unspecified atom stereocenters. The van der Waals surface area contributed by atoms with Gasteiger partial charge >= 0.3 is 0 Å². The fraction of sp³-hybridized carbons (Fsp3) is 0.562. The molecule has 0 aromatic heterocycles. The fourth-order valence-corrected chi connectivity index (χ4v) is 3.99.